The largest absolute Gasteiger partial charge is 0.347 e. The van der Waals surface area contributed by atoms with Crippen LogP contribution in [-0.2, 0) is 5.41 Å². The van der Waals surface area contributed by atoms with Crippen LogP contribution in [-0.4, -0.2) is 21.8 Å². The summed E-state index contributed by atoms with van der Waals surface area (Å²) in [7, 11) is 0. The predicted molar refractivity (Wildman–Crippen MR) is 251 cm³/mol. The first-order chi connectivity index (χ1) is 29.2. The molecule has 1 aliphatic carbocycles. The number of hydrogen-bond acceptors (Lipinski definition) is 3. The highest BCUT2D eigenvalue weighted by Crippen LogP contribution is 2.57. The summed E-state index contributed by atoms with van der Waals surface area (Å²) in [5, 5.41) is 2.43. The van der Waals surface area contributed by atoms with Gasteiger partial charge in [-0.3, -0.25) is 4.57 Å². The topological polar surface area (TPSA) is 24.3 Å². The number of benzene rings is 7. The van der Waals surface area contributed by atoms with Crippen molar-refractivity contribution in [3.05, 3.63) is 210 Å². The van der Waals surface area contributed by atoms with Gasteiger partial charge in [0.05, 0.1) is 34.5 Å². The summed E-state index contributed by atoms with van der Waals surface area (Å²) in [5.41, 5.74) is 16.8. The molecule has 4 nitrogen and oxygen atoms in total. The van der Waals surface area contributed by atoms with E-state index in [-0.39, 0.29) is 5.54 Å². The molecular formula is C56H48N4. The van der Waals surface area contributed by atoms with E-state index in [1.54, 1.807) is 0 Å². The van der Waals surface area contributed by atoms with E-state index in [0.717, 1.165) is 23.5 Å². The Bertz CT molecular complexity index is 3080. The van der Waals surface area contributed by atoms with Crippen LogP contribution in [0.4, 0.5) is 17.1 Å². The van der Waals surface area contributed by atoms with Crippen LogP contribution < -0.4 is 9.80 Å². The van der Waals surface area contributed by atoms with E-state index in [1.807, 2.05) is 6.20 Å². The van der Waals surface area contributed by atoms with Crippen molar-refractivity contribution in [1.82, 2.24) is 9.55 Å². The van der Waals surface area contributed by atoms with Gasteiger partial charge in [-0.2, -0.15) is 0 Å². The van der Waals surface area contributed by atoms with Gasteiger partial charge >= 0.3 is 0 Å². The van der Waals surface area contributed by atoms with Gasteiger partial charge in [0, 0.05) is 28.2 Å². The zero-order chi connectivity index (χ0) is 40.8. The van der Waals surface area contributed by atoms with Gasteiger partial charge < -0.3 is 9.80 Å². The summed E-state index contributed by atoms with van der Waals surface area (Å²) in [4.78, 5) is 10.1. The molecule has 60 heavy (non-hydrogen) atoms. The molecule has 0 fully saturated rings. The average molecular weight is 777 g/mol. The first-order valence-electron chi connectivity index (χ1n) is 21.3. The van der Waals surface area contributed by atoms with E-state index in [4.69, 9.17) is 4.98 Å². The number of pyridine rings is 1. The lowest BCUT2D eigenvalue weighted by atomic mass is 9.67. The van der Waals surface area contributed by atoms with Gasteiger partial charge in [-0.1, -0.05) is 141 Å². The van der Waals surface area contributed by atoms with Crippen molar-refractivity contribution in [2.24, 2.45) is 0 Å². The molecule has 2 aliphatic rings. The van der Waals surface area contributed by atoms with Crippen molar-refractivity contribution in [3.8, 4) is 28.1 Å². The molecule has 0 atom stereocenters. The molecule has 11 rings (SSSR count). The second kappa shape index (κ2) is 13.6. The van der Waals surface area contributed by atoms with E-state index in [2.05, 4.69) is 225 Å². The maximum atomic E-state index is 5.11. The third-order valence-corrected chi connectivity index (χ3v) is 13.1. The molecule has 0 N–H and O–H groups in total. The zero-order valence-corrected chi connectivity index (χ0v) is 34.9. The number of fused-ring (bicyclic) bond motifs is 7. The van der Waals surface area contributed by atoms with Crippen molar-refractivity contribution in [1.29, 1.82) is 0 Å². The Labute approximate surface area is 353 Å². The Morgan fingerprint density at radius 3 is 1.93 bits per heavy atom. The molecule has 1 aliphatic heterocycles. The molecule has 0 bridgehead atoms. The lowest BCUT2D eigenvalue weighted by Gasteiger charge is -2.36. The summed E-state index contributed by atoms with van der Waals surface area (Å²) >= 11 is 0. The van der Waals surface area contributed by atoms with E-state index in [0.29, 0.717) is 5.92 Å². The van der Waals surface area contributed by atoms with Crippen LogP contribution in [0.15, 0.2) is 182 Å². The fraction of sp³-hybridized carbons (Fsp3) is 0.161. The van der Waals surface area contributed by atoms with E-state index >= 15 is 0 Å². The highest BCUT2D eigenvalue weighted by Gasteiger charge is 2.46. The monoisotopic (exact) mass is 776 g/mol. The van der Waals surface area contributed by atoms with Gasteiger partial charge in [0.25, 0.3) is 0 Å². The smallest absolute Gasteiger partial charge is 0.138 e. The van der Waals surface area contributed by atoms with Crippen molar-refractivity contribution in [2.75, 3.05) is 16.5 Å². The molecule has 0 saturated heterocycles. The van der Waals surface area contributed by atoms with Gasteiger partial charge in [-0.25, -0.2) is 4.98 Å². The second-order valence-corrected chi connectivity index (χ2v) is 17.8. The van der Waals surface area contributed by atoms with E-state index in [9.17, 15) is 0 Å². The van der Waals surface area contributed by atoms with Crippen LogP contribution in [0.25, 0.3) is 49.9 Å². The normalized spacial score (nSPS) is 14.2. The first-order valence-corrected chi connectivity index (χ1v) is 21.3. The Balaban J connectivity index is 1.17. The van der Waals surface area contributed by atoms with Crippen LogP contribution in [0.5, 0.6) is 0 Å². The molecule has 0 unspecified atom stereocenters. The number of hydrogen-bond donors (Lipinski definition) is 0. The Morgan fingerprint density at radius 1 is 0.550 bits per heavy atom. The molecule has 2 aromatic heterocycles. The quantitative estimate of drug-likeness (QED) is 0.168. The maximum absolute atomic E-state index is 5.11. The number of anilines is 3. The minimum absolute atomic E-state index is 0.0347. The molecule has 7 aromatic carbocycles. The lowest BCUT2D eigenvalue weighted by molar-refractivity contribution is 0.518. The van der Waals surface area contributed by atoms with Crippen molar-refractivity contribution < 1.29 is 0 Å². The van der Waals surface area contributed by atoms with Gasteiger partial charge in [0.15, 0.2) is 0 Å². The summed E-state index contributed by atoms with van der Waals surface area (Å²) in [5.74, 6) is 1.31. The van der Waals surface area contributed by atoms with E-state index in [1.165, 1.54) is 77.9 Å². The molecule has 0 amide bonds. The average Bonchev–Trinajstić information content (AvgIpc) is 3.94. The fourth-order valence-corrected chi connectivity index (χ4v) is 10.4. The summed E-state index contributed by atoms with van der Waals surface area (Å²) in [6.07, 6.45) is 1.97. The first kappa shape index (κ1) is 36.2. The number of rotatable bonds is 6. The van der Waals surface area contributed by atoms with Gasteiger partial charge in [-0.15, -0.1) is 0 Å². The third kappa shape index (κ3) is 5.33. The SMILES string of the molecule is CC(C)c1ccccc1-c1ccnc(-n2c3ccccc3c3ccc(C4(c5cccc(N6CN(C(C)(C)C)c7ccccc76)c5)c5ccccc5-c5ccccc54)cc32)c1. The van der Waals surface area contributed by atoms with Crippen LogP contribution in [0, 0.1) is 0 Å². The minimum atomic E-state index is -0.590. The highest BCUT2D eigenvalue weighted by molar-refractivity contribution is 6.09. The highest BCUT2D eigenvalue weighted by atomic mass is 15.4. The van der Waals surface area contributed by atoms with Crippen LogP contribution in [0.3, 0.4) is 0 Å². The Morgan fingerprint density at radius 2 is 1.18 bits per heavy atom. The summed E-state index contributed by atoms with van der Waals surface area (Å²) in [6, 6.07) is 65.5. The van der Waals surface area contributed by atoms with Crippen LogP contribution in [0.1, 0.15) is 68.4 Å². The lowest BCUT2D eigenvalue weighted by Crippen LogP contribution is -2.42. The molecule has 9 aromatic rings. The van der Waals surface area contributed by atoms with E-state index < -0.39 is 5.41 Å². The summed E-state index contributed by atoms with van der Waals surface area (Å²) in [6.45, 7) is 12.2. The van der Waals surface area contributed by atoms with Crippen molar-refractivity contribution in [3.63, 3.8) is 0 Å². The number of aromatic nitrogens is 2. The van der Waals surface area contributed by atoms with Crippen LogP contribution >= 0.6 is 0 Å². The van der Waals surface area contributed by atoms with Gasteiger partial charge in [-0.05, 0) is 125 Å². The molecule has 0 saturated carbocycles. The molecule has 4 heteroatoms. The molecule has 0 spiro atoms. The number of nitrogens with zero attached hydrogens (tertiary/aromatic N) is 4. The standard InChI is InChI=1S/C56H48N4/c1-37(2)42-19-6-7-20-43(42)38-31-32-57-54(33-38)60-50-26-13-10-23-46(50)47-30-29-40(35-53(47)60)56(48-24-11-8-21-44(48)45-22-9-12-25-49(45)56)39-17-16-18-41(34-39)58-36-59(55(3,4)5)52-28-15-14-27-51(52)58/h6-35,37H,36H2,1-5H3. The van der Waals surface area contributed by atoms with Gasteiger partial charge in [0.1, 0.15) is 5.82 Å². The van der Waals surface area contributed by atoms with Crippen molar-refractivity contribution >= 4 is 38.9 Å². The molecule has 292 valence electrons. The molecule has 3 heterocycles. The number of para-hydroxylation sites is 3. The zero-order valence-electron chi connectivity index (χ0n) is 34.9. The molecular weight excluding hydrogens is 729 g/mol. The second-order valence-electron chi connectivity index (χ2n) is 17.8. The fourth-order valence-electron chi connectivity index (χ4n) is 10.4. The predicted octanol–water partition coefficient (Wildman–Crippen LogP) is 14.0. The Kier molecular flexibility index (Phi) is 8.19. The minimum Gasteiger partial charge on any atom is -0.347 e. The van der Waals surface area contributed by atoms with Crippen molar-refractivity contribution in [2.45, 2.75) is 51.5 Å². The van der Waals surface area contributed by atoms with Gasteiger partial charge in [0.2, 0.25) is 0 Å². The Hall–Kier alpha value is -6.91. The van der Waals surface area contributed by atoms with Crippen LogP contribution in [0.2, 0.25) is 0 Å². The molecule has 0 radical (unpaired) electrons. The third-order valence-electron chi connectivity index (χ3n) is 13.1. The summed E-state index contributed by atoms with van der Waals surface area (Å²) < 4.78 is 2.38. The maximum Gasteiger partial charge on any atom is 0.138 e.